The Morgan fingerprint density at radius 1 is 1.11 bits per heavy atom. The number of hydrogen-bond donors (Lipinski definition) is 1. The van der Waals surface area contributed by atoms with E-state index in [0.717, 1.165) is 16.6 Å². The molecule has 0 spiro atoms. The van der Waals surface area contributed by atoms with Gasteiger partial charge >= 0.3 is 0 Å². The van der Waals surface area contributed by atoms with E-state index in [2.05, 4.69) is 15.9 Å². The molecule has 0 aliphatic rings. The molecule has 2 aromatic rings. The molecule has 100 valence electrons. The first-order valence-corrected chi connectivity index (χ1v) is 6.72. The first kappa shape index (κ1) is 14.4. The molecule has 1 atom stereocenters. The van der Waals surface area contributed by atoms with E-state index < -0.39 is 17.7 Å². The fourth-order valence-corrected chi connectivity index (χ4v) is 2.72. The summed E-state index contributed by atoms with van der Waals surface area (Å²) >= 11 is 9.22. The highest BCUT2D eigenvalue weighted by Gasteiger charge is 2.17. The van der Waals surface area contributed by atoms with Crippen LogP contribution in [0.1, 0.15) is 22.7 Å². The van der Waals surface area contributed by atoms with E-state index in [1.807, 2.05) is 0 Å². The van der Waals surface area contributed by atoms with E-state index in [-0.39, 0.29) is 11.1 Å². The van der Waals surface area contributed by atoms with Gasteiger partial charge in [-0.05, 0) is 48.4 Å². The van der Waals surface area contributed by atoms with Gasteiger partial charge in [0.1, 0.15) is 11.6 Å². The number of aryl methyl sites for hydroxylation is 1. The minimum atomic E-state index is -0.773. The quantitative estimate of drug-likeness (QED) is 0.835. The molecule has 19 heavy (non-hydrogen) atoms. The molecular formula is C14H11BrClF2N. The van der Waals surface area contributed by atoms with Crippen molar-refractivity contribution in [2.45, 2.75) is 13.0 Å². The van der Waals surface area contributed by atoms with Crippen molar-refractivity contribution in [2.24, 2.45) is 5.73 Å². The Labute approximate surface area is 123 Å². The topological polar surface area (TPSA) is 26.0 Å². The van der Waals surface area contributed by atoms with Crippen LogP contribution in [0.15, 0.2) is 34.8 Å². The lowest BCUT2D eigenvalue weighted by Crippen LogP contribution is -2.14. The van der Waals surface area contributed by atoms with Crippen molar-refractivity contribution >= 4 is 27.5 Å². The van der Waals surface area contributed by atoms with Crippen molar-refractivity contribution in [1.29, 1.82) is 0 Å². The van der Waals surface area contributed by atoms with E-state index in [0.29, 0.717) is 10.6 Å². The molecule has 5 heteroatoms. The van der Waals surface area contributed by atoms with Gasteiger partial charge < -0.3 is 5.73 Å². The summed E-state index contributed by atoms with van der Waals surface area (Å²) in [5, 5.41) is 0.479. The van der Waals surface area contributed by atoms with Crippen molar-refractivity contribution in [3.8, 4) is 0 Å². The van der Waals surface area contributed by atoms with Crippen LogP contribution in [0.3, 0.4) is 0 Å². The second-order valence-corrected chi connectivity index (χ2v) is 5.66. The maximum Gasteiger partial charge on any atom is 0.128 e. The molecule has 2 N–H and O–H groups in total. The van der Waals surface area contributed by atoms with Crippen LogP contribution in [0.2, 0.25) is 5.02 Å². The minimum absolute atomic E-state index is 0.109. The van der Waals surface area contributed by atoms with Gasteiger partial charge in [-0.1, -0.05) is 27.5 Å². The molecule has 0 aromatic heterocycles. The summed E-state index contributed by atoms with van der Waals surface area (Å²) in [4.78, 5) is 0. The Hall–Kier alpha value is -0.970. The van der Waals surface area contributed by atoms with Gasteiger partial charge in [0, 0.05) is 15.1 Å². The number of benzene rings is 2. The third-order valence-electron chi connectivity index (χ3n) is 2.86. The van der Waals surface area contributed by atoms with Crippen molar-refractivity contribution in [3.05, 3.63) is 68.2 Å². The average molecular weight is 347 g/mol. The van der Waals surface area contributed by atoms with Crippen molar-refractivity contribution in [1.82, 2.24) is 0 Å². The summed E-state index contributed by atoms with van der Waals surface area (Å²) < 4.78 is 28.1. The average Bonchev–Trinajstić information content (AvgIpc) is 2.31. The highest BCUT2D eigenvalue weighted by Crippen LogP contribution is 2.28. The molecule has 0 heterocycles. The Morgan fingerprint density at radius 2 is 1.79 bits per heavy atom. The van der Waals surface area contributed by atoms with Gasteiger partial charge in [0.15, 0.2) is 0 Å². The van der Waals surface area contributed by atoms with E-state index in [9.17, 15) is 8.78 Å². The predicted molar refractivity (Wildman–Crippen MR) is 76.3 cm³/mol. The largest absolute Gasteiger partial charge is 0.320 e. The summed E-state index contributed by atoms with van der Waals surface area (Å²) in [5.41, 5.74) is 6.96. The lowest BCUT2D eigenvalue weighted by molar-refractivity contribution is 0.570. The van der Waals surface area contributed by atoms with Crippen molar-refractivity contribution < 1.29 is 8.78 Å². The molecule has 2 rings (SSSR count). The number of nitrogens with two attached hydrogens (primary N) is 1. The zero-order valence-corrected chi connectivity index (χ0v) is 12.4. The summed E-state index contributed by atoms with van der Waals surface area (Å²) in [6.07, 6.45) is 0. The molecule has 0 amide bonds. The molecule has 0 bridgehead atoms. The standard InChI is InChI=1S/C14H11BrClF2N/c1-7-2-13(18)11(6-12(7)17)14(19)8-3-9(15)5-10(16)4-8/h2-6,14H,19H2,1H3. The normalized spacial score (nSPS) is 12.5. The van der Waals surface area contributed by atoms with Gasteiger partial charge in [0.25, 0.3) is 0 Å². The Bertz CT molecular complexity index is 611. The second-order valence-electron chi connectivity index (χ2n) is 4.30. The molecule has 0 fully saturated rings. The van der Waals surface area contributed by atoms with Gasteiger partial charge in [0.05, 0.1) is 6.04 Å². The molecule has 0 saturated carbocycles. The van der Waals surface area contributed by atoms with E-state index in [4.69, 9.17) is 17.3 Å². The van der Waals surface area contributed by atoms with Gasteiger partial charge in [-0.3, -0.25) is 0 Å². The molecule has 0 saturated heterocycles. The van der Waals surface area contributed by atoms with Crippen LogP contribution in [-0.4, -0.2) is 0 Å². The highest BCUT2D eigenvalue weighted by molar-refractivity contribution is 9.10. The summed E-state index contributed by atoms with van der Waals surface area (Å²) in [6, 6.07) is 6.56. The fraction of sp³-hybridized carbons (Fsp3) is 0.143. The summed E-state index contributed by atoms with van der Waals surface area (Å²) in [6.45, 7) is 1.50. The van der Waals surface area contributed by atoms with Gasteiger partial charge in [0.2, 0.25) is 0 Å². The Kier molecular flexibility index (Phi) is 4.23. The lowest BCUT2D eigenvalue weighted by atomic mass is 9.98. The number of halogens is 4. The summed E-state index contributed by atoms with van der Waals surface area (Å²) in [7, 11) is 0. The number of hydrogen-bond acceptors (Lipinski definition) is 1. The summed E-state index contributed by atoms with van der Waals surface area (Å²) in [5.74, 6) is -1.00. The zero-order valence-electron chi connectivity index (χ0n) is 10.1. The molecule has 2 aromatic carbocycles. The van der Waals surface area contributed by atoms with E-state index in [1.54, 1.807) is 18.2 Å². The third kappa shape index (κ3) is 3.14. The minimum Gasteiger partial charge on any atom is -0.320 e. The zero-order chi connectivity index (χ0) is 14.2. The maximum absolute atomic E-state index is 13.9. The monoisotopic (exact) mass is 345 g/mol. The number of rotatable bonds is 2. The van der Waals surface area contributed by atoms with Gasteiger partial charge in [-0.25, -0.2) is 8.78 Å². The van der Waals surface area contributed by atoms with Crippen LogP contribution in [0.4, 0.5) is 8.78 Å². The van der Waals surface area contributed by atoms with Crippen molar-refractivity contribution in [3.63, 3.8) is 0 Å². The van der Waals surface area contributed by atoms with Crippen LogP contribution in [-0.2, 0) is 0 Å². The SMILES string of the molecule is Cc1cc(F)c(C(N)c2cc(Cl)cc(Br)c2)cc1F. The molecule has 0 radical (unpaired) electrons. The van der Waals surface area contributed by atoms with Crippen molar-refractivity contribution in [2.75, 3.05) is 0 Å². The van der Waals surface area contributed by atoms with Gasteiger partial charge in [-0.15, -0.1) is 0 Å². The predicted octanol–water partition coefficient (Wildman–Crippen LogP) is 4.74. The lowest BCUT2D eigenvalue weighted by Gasteiger charge is -2.15. The van der Waals surface area contributed by atoms with Crippen LogP contribution in [0, 0.1) is 18.6 Å². The second kappa shape index (κ2) is 5.57. The first-order chi connectivity index (χ1) is 8.88. The third-order valence-corrected chi connectivity index (χ3v) is 3.53. The van der Waals surface area contributed by atoms with Crippen LogP contribution < -0.4 is 5.73 Å². The fourth-order valence-electron chi connectivity index (χ4n) is 1.83. The van der Waals surface area contributed by atoms with E-state index >= 15 is 0 Å². The molecular weight excluding hydrogens is 336 g/mol. The first-order valence-electron chi connectivity index (χ1n) is 5.55. The van der Waals surface area contributed by atoms with E-state index in [1.165, 1.54) is 6.92 Å². The molecule has 0 aliphatic heterocycles. The molecule has 0 aliphatic carbocycles. The van der Waals surface area contributed by atoms with Gasteiger partial charge in [-0.2, -0.15) is 0 Å². The van der Waals surface area contributed by atoms with Crippen LogP contribution in [0.5, 0.6) is 0 Å². The van der Waals surface area contributed by atoms with Crippen LogP contribution in [0.25, 0.3) is 0 Å². The smallest absolute Gasteiger partial charge is 0.128 e. The Balaban J connectivity index is 2.49. The maximum atomic E-state index is 13.9. The molecule has 1 unspecified atom stereocenters. The van der Waals surface area contributed by atoms with Crippen LogP contribution >= 0.6 is 27.5 Å². The Morgan fingerprint density at radius 3 is 2.42 bits per heavy atom. The molecule has 1 nitrogen and oxygen atoms in total. The highest BCUT2D eigenvalue weighted by atomic mass is 79.9.